The van der Waals surface area contributed by atoms with Crippen LogP contribution in [-0.4, -0.2) is 42.2 Å². The highest BCUT2D eigenvalue weighted by Gasteiger charge is 2.32. The number of aromatic nitrogens is 1. The van der Waals surface area contributed by atoms with Crippen LogP contribution in [0.2, 0.25) is 5.15 Å². The minimum absolute atomic E-state index is 0.191. The lowest BCUT2D eigenvalue weighted by Crippen LogP contribution is -2.51. The van der Waals surface area contributed by atoms with Gasteiger partial charge in [0, 0.05) is 6.20 Å². The molecule has 0 saturated carbocycles. The Labute approximate surface area is 149 Å². The van der Waals surface area contributed by atoms with Crippen molar-refractivity contribution in [2.45, 2.75) is 26.3 Å². The van der Waals surface area contributed by atoms with E-state index < -0.39 is 24.0 Å². The van der Waals surface area contributed by atoms with Crippen molar-refractivity contribution in [3.05, 3.63) is 40.3 Å². The van der Waals surface area contributed by atoms with Gasteiger partial charge in [0.1, 0.15) is 11.8 Å². The van der Waals surface area contributed by atoms with Crippen molar-refractivity contribution < 1.29 is 23.9 Å². The number of pyridine rings is 1. The van der Waals surface area contributed by atoms with Crippen LogP contribution in [0.25, 0.3) is 0 Å². The number of carbonyl (C=O) groups is 3. The first kappa shape index (κ1) is 18.7. The van der Waals surface area contributed by atoms with Gasteiger partial charge in [0.2, 0.25) is 0 Å². The van der Waals surface area contributed by atoms with E-state index >= 15 is 0 Å². The van der Waals surface area contributed by atoms with E-state index in [1.165, 1.54) is 18.3 Å². The van der Waals surface area contributed by atoms with Crippen molar-refractivity contribution >= 4 is 29.6 Å². The zero-order chi connectivity index (χ0) is 18.4. The molecule has 25 heavy (non-hydrogen) atoms. The summed E-state index contributed by atoms with van der Waals surface area (Å²) in [7, 11) is 0. The van der Waals surface area contributed by atoms with E-state index in [9.17, 15) is 14.4 Å². The van der Waals surface area contributed by atoms with Gasteiger partial charge in [0.15, 0.2) is 0 Å². The number of rotatable bonds is 6. The summed E-state index contributed by atoms with van der Waals surface area (Å²) in [5.41, 5.74) is 0.644. The molecular formula is C16H18ClN3O5. The first-order chi connectivity index (χ1) is 12.0. The summed E-state index contributed by atoms with van der Waals surface area (Å²) in [5.74, 6) is -1.22. The fourth-order valence-corrected chi connectivity index (χ4v) is 2.40. The van der Waals surface area contributed by atoms with Crippen LogP contribution in [0.5, 0.6) is 0 Å². The van der Waals surface area contributed by atoms with Gasteiger partial charge in [-0.3, -0.25) is 0 Å². The number of esters is 2. The van der Waals surface area contributed by atoms with Gasteiger partial charge < -0.3 is 20.1 Å². The van der Waals surface area contributed by atoms with Gasteiger partial charge >= 0.3 is 18.0 Å². The van der Waals surface area contributed by atoms with Crippen molar-refractivity contribution in [1.29, 1.82) is 0 Å². The number of amides is 2. The first-order valence-electron chi connectivity index (χ1n) is 7.72. The number of carbonyl (C=O) groups excluding carboxylic acids is 3. The molecule has 0 spiro atoms. The standard InChI is InChI=1S/C16H18ClN3O5/c1-3-10-13(15(22)24-4-2)11(20-16(23)19-10)8-25-14(21)9-5-6-12(17)18-7-9/h5-7,10H,3-4,8H2,1-2H3,(H2,19,20,23)/t10-/m0/s1. The second-order valence-electron chi connectivity index (χ2n) is 5.12. The van der Waals surface area contributed by atoms with Crippen LogP contribution in [-0.2, 0) is 14.3 Å². The molecular weight excluding hydrogens is 350 g/mol. The summed E-state index contributed by atoms with van der Waals surface area (Å²) in [6.45, 7) is 3.41. The molecule has 1 aromatic rings. The Morgan fingerprint density at radius 1 is 1.24 bits per heavy atom. The van der Waals surface area contributed by atoms with E-state index in [0.717, 1.165) is 0 Å². The van der Waals surface area contributed by atoms with Crippen molar-refractivity contribution in [3.63, 3.8) is 0 Å². The Kier molecular flexibility index (Phi) is 6.35. The molecule has 2 amide bonds. The minimum atomic E-state index is -0.652. The molecule has 1 aliphatic rings. The SMILES string of the molecule is CCOC(=O)C1=C(COC(=O)c2ccc(Cl)nc2)NC(=O)N[C@H]1CC. The van der Waals surface area contributed by atoms with Gasteiger partial charge in [-0.25, -0.2) is 19.4 Å². The second-order valence-corrected chi connectivity index (χ2v) is 5.50. The van der Waals surface area contributed by atoms with Crippen LogP contribution in [0.15, 0.2) is 29.6 Å². The first-order valence-corrected chi connectivity index (χ1v) is 8.10. The van der Waals surface area contributed by atoms with Crippen LogP contribution in [0.4, 0.5) is 4.79 Å². The smallest absolute Gasteiger partial charge is 0.340 e. The number of halogens is 1. The zero-order valence-corrected chi connectivity index (χ0v) is 14.6. The molecule has 9 heteroatoms. The third kappa shape index (κ3) is 4.69. The lowest BCUT2D eigenvalue weighted by molar-refractivity contribution is -0.139. The molecule has 0 fully saturated rings. The molecule has 1 aliphatic heterocycles. The molecule has 134 valence electrons. The highest BCUT2D eigenvalue weighted by Crippen LogP contribution is 2.18. The van der Waals surface area contributed by atoms with E-state index in [4.69, 9.17) is 21.1 Å². The van der Waals surface area contributed by atoms with Crippen LogP contribution in [0, 0.1) is 0 Å². The van der Waals surface area contributed by atoms with Gasteiger partial charge in [-0.2, -0.15) is 0 Å². The molecule has 0 aliphatic carbocycles. The molecule has 1 aromatic heterocycles. The van der Waals surface area contributed by atoms with Gasteiger partial charge in [0.25, 0.3) is 0 Å². The quantitative estimate of drug-likeness (QED) is 0.586. The maximum Gasteiger partial charge on any atom is 0.340 e. The van der Waals surface area contributed by atoms with Gasteiger partial charge in [0.05, 0.1) is 29.5 Å². The van der Waals surface area contributed by atoms with E-state index in [1.54, 1.807) is 6.92 Å². The Hall–Kier alpha value is -2.61. The maximum absolute atomic E-state index is 12.2. The molecule has 1 atom stereocenters. The van der Waals surface area contributed by atoms with Crippen molar-refractivity contribution in [2.75, 3.05) is 13.2 Å². The largest absolute Gasteiger partial charge is 0.463 e. The summed E-state index contributed by atoms with van der Waals surface area (Å²) in [5, 5.41) is 5.39. The lowest BCUT2D eigenvalue weighted by atomic mass is 10.0. The van der Waals surface area contributed by atoms with Crippen molar-refractivity contribution in [3.8, 4) is 0 Å². The third-order valence-electron chi connectivity index (χ3n) is 3.46. The Morgan fingerprint density at radius 2 is 2.00 bits per heavy atom. The monoisotopic (exact) mass is 367 g/mol. The molecule has 0 aromatic carbocycles. The van der Waals surface area contributed by atoms with Crippen LogP contribution < -0.4 is 10.6 Å². The van der Waals surface area contributed by atoms with Crippen LogP contribution in [0.1, 0.15) is 30.6 Å². The summed E-state index contributed by atoms with van der Waals surface area (Å²) >= 11 is 5.67. The Balaban J connectivity index is 2.19. The van der Waals surface area contributed by atoms with Crippen LogP contribution in [0.3, 0.4) is 0 Å². The molecule has 8 nitrogen and oxygen atoms in total. The predicted molar refractivity (Wildman–Crippen MR) is 88.9 cm³/mol. The maximum atomic E-state index is 12.2. The lowest BCUT2D eigenvalue weighted by Gasteiger charge is -2.28. The highest BCUT2D eigenvalue weighted by molar-refractivity contribution is 6.29. The summed E-state index contributed by atoms with van der Waals surface area (Å²) in [4.78, 5) is 39.8. The number of hydrogen-bond donors (Lipinski definition) is 2. The zero-order valence-electron chi connectivity index (χ0n) is 13.8. The van der Waals surface area contributed by atoms with Gasteiger partial charge in [-0.15, -0.1) is 0 Å². The number of ether oxygens (including phenoxy) is 2. The summed E-state index contributed by atoms with van der Waals surface area (Å²) in [6.07, 6.45) is 1.77. The molecule has 0 saturated heterocycles. The predicted octanol–water partition coefficient (Wildman–Crippen LogP) is 1.80. The molecule has 0 bridgehead atoms. The molecule has 2 N–H and O–H groups in total. The average Bonchev–Trinajstić information content (AvgIpc) is 2.59. The van der Waals surface area contributed by atoms with E-state index in [0.29, 0.717) is 6.42 Å². The second kappa shape index (κ2) is 8.48. The fourth-order valence-electron chi connectivity index (χ4n) is 2.29. The van der Waals surface area contributed by atoms with Crippen LogP contribution >= 0.6 is 11.6 Å². The number of hydrogen-bond acceptors (Lipinski definition) is 6. The molecule has 2 heterocycles. The molecule has 2 rings (SSSR count). The molecule has 0 unspecified atom stereocenters. The topological polar surface area (TPSA) is 107 Å². The van der Waals surface area contributed by atoms with Gasteiger partial charge in [-0.05, 0) is 25.5 Å². The summed E-state index contributed by atoms with van der Waals surface area (Å²) in [6, 6.07) is 1.94. The number of nitrogens with zero attached hydrogens (tertiary/aromatic N) is 1. The van der Waals surface area contributed by atoms with E-state index in [-0.39, 0.29) is 35.2 Å². The fraction of sp³-hybridized carbons (Fsp3) is 0.375. The van der Waals surface area contributed by atoms with Crippen molar-refractivity contribution in [1.82, 2.24) is 15.6 Å². The average molecular weight is 368 g/mol. The molecule has 0 radical (unpaired) electrons. The number of nitrogens with one attached hydrogen (secondary N) is 2. The van der Waals surface area contributed by atoms with Gasteiger partial charge in [-0.1, -0.05) is 18.5 Å². The van der Waals surface area contributed by atoms with Crippen molar-refractivity contribution in [2.24, 2.45) is 0 Å². The third-order valence-corrected chi connectivity index (χ3v) is 3.68. The highest BCUT2D eigenvalue weighted by atomic mass is 35.5. The Bertz CT molecular complexity index is 702. The van der Waals surface area contributed by atoms with E-state index in [2.05, 4.69) is 15.6 Å². The minimum Gasteiger partial charge on any atom is -0.463 e. The summed E-state index contributed by atoms with van der Waals surface area (Å²) < 4.78 is 10.2. The normalized spacial score (nSPS) is 16.8. The van der Waals surface area contributed by atoms with E-state index in [1.807, 2.05) is 6.92 Å². The number of urea groups is 1. The Morgan fingerprint density at radius 3 is 2.60 bits per heavy atom.